The maximum Gasteiger partial charge on any atom is 0.306 e. The number of rotatable bonds is 31. The first-order chi connectivity index (χ1) is 26.8. The second kappa shape index (κ2) is 35.1. The van der Waals surface area contributed by atoms with Crippen molar-refractivity contribution >= 4 is 11.9 Å². The molecule has 0 aliphatic carbocycles. The molecule has 1 aliphatic heterocycles. The van der Waals surface area contributed by atoms with Gasteiger partial charge in [-0.25, -0.2) is 0 Å². The Hall–Kier alpha value is -3.38. The largest absolute Gasteiger partial charge is 0.462 e. The van der Waals surface area contributed by atoms with E-state index < -0.39 is 55.4 Å². The Balaban J connectivity index is 2.46. The lowest BCUT2D eigenvalue weighted by Crippen LogP contribution is -2.59. The molecule has 0 amide bonds. The van der Waals surface area contributed by atoms with Gasteiger partial charge in [-0.2, -0.15) is 0 Å². The molecule has 0 aromatic carbocycles. The van der Waals surface area contributed by atoms with Crippen molar-refractivity contribution in [1.29, 1.82) is 0 Å². The Morgan fingerprint density at radius 2 is 1.00 bits per heavy atom. The molecular weight excluding hydrogens is 700 g/mol. The molecule has 0 radical (unpaired) electrons. The molecule has 1 aliphatic rings. The number of carbonyl (C=O) groups is 2. The first-order valence-electron chi connectivity index (χ1n) is 20.3. The summed E-state index contributed by atoms with van der Waals surface area (Å²) in [4.78, 5) is 25.2. The number of unbranched alkanes of at least 4 members (excludes halogenated alkanes) is 4. The lowest BCUT2D eigenvalue weighted by Gasteiger charge is -2.39. The van der Waals surface area contributed by atoms with Crippen LogP contribution < -0.4 is 0 Å². The second-order valence-electron chi connectivity index (χ2n) is 13.3. The Labute approximate surface area is 330 Å². The van der Waals surface area contributed by atoms with Crippen LogP contribution in [0.3, 0.4) is 0 Å². The number of hydrogen-bond donors (Lipinski definition) is 4. The molecule has 6 atom stereocenters. The molecule has 0 spiro atoms. The Morgan fingerprint density at radius 1 is 0.564 bits per heavy atom. The number of allylic oxidation sites excluding steroid dienone is 16. The Bertz CT molecular complexity index is 1210. The number of ether oxygens (including phenoxy) is 4. The molecule has 0 saturated carbocycles. The summed E-state index contributed by atoms with van der Waals surface area (Å²) in [7, 11) is 0. The molecule has 1 heterocycles. The van der Waals surface area contributed by atoms with Crippen LogP contribution in [0, 0.1) is 0 Å². The lowest BCUT2D eigenvalue weighted by atomic mass is 9.99. The van der Waals surface area contributed by atoms with Gasteiger partial charge in [-0.1, -0.05) is 111 Å². The van der Waals surface area contributed by atoms with Gasteiger partial charge in [0.1, 0.15) is 31.0 Å². The molecule has 1 fully saturated rings. The van der Waals surface area contributed by atoms with Crippen LogP contribution in [0.2, 0.25) is 0 Å². The average molecular weight is 771 g/mol. The van der Waals surface area contributed by atoms with Crippen LogP contribution >= 0.6 is 0 Å². The molecule has 310 valence electrons. The summed E-state index contributed by atoms with van der Waals surface area (Å²) in [5, 5.41) is 40.0. The summed E-state index contributed by atoms with van der Waals surface area (Å²) in [6.07, 6.45) is 38.5. The minimum Gasteiger partial charge on any atom is -0.462 e. The summed E-state index contributed by atoms with van der Waals surface area (Å²) in [5.74, 6) is -0.918. The van der Waals surface area contributed by atoms with Gasteiger partial charge in [-0.15, -0.1) is 0 Å². The summed E-state index contributed by atoms with van der Waals surface area (Å²) < 4.78 is 22.0. The SMILES string of the molecule is CC/C=C\C/C=C\C/C=C\C/C=C\CCCCC(=O)OC[C@H](CO[C@@H]1OC(CO)[C@H](O)C(O)C1O)OC(=O)CCCC/C=C\C/C=C\C/C=C\C/C=C\CC. The first-order valence-corrected chi connectivity index (χ1v) is 20.3. The van der Waals surface area contributed by atoms with Crippen molar-refractivity contribution < 1.29 is 49.0 Å². The third-order valence-electron chi connectivity index (χ3n) is 8.46. The minimum atomic E-state index is -1.61. The topological polar surface area (TPSA) is 152 Å². The maximum atomic E-state index is 12.7. The van der Waals surface area contributed by atoms with Crippen LogP contribution in [0.15, 0.2) is 97.2 Å². The van der Waals surface area contributed by atoms with E-state index in [-0.39, 0.29) is 26.1 Å². The molecular formula is C45H70O10. The molecule has 3 unspecified atom stereocenters. The zero-order valence-corrected chi connectivity index (χ0v) is 33.4. The van der Waals surface area contributed by atoms with E-state index in [1.807, 2.05) is 0 Å². The zero-order valence-electron chi connectivity index (χ0n) is 33.4. The monoisotopic (exact) mass is 770 g/mol. The van der Waals surface area contributed by atoms with Crippen molar-refractivity contribution in [3.8, 4) is 0 Å². The predicted molar refractivity (Wildman–Crippen MR) is 219 cm³/mol. The Morgan fingerprint density at radius 3 is 1.45 bits per heavy atom. The first kappa shape index (κ1) is 49.6. The highest BCUT2D eigenvalue weighted by Gasteiger charge is 2.44. The zero-order chi connectivity index (χ0) is 40.2. The third kappa shape index (κ3) is 27.0. The van der Waals surface area contributed by atoms with Gasteiger partial charge in [-0.05, 0) is 89.9 Å². The summed E-state index contributed by atoms with van der Waals surface area (Å²) in [5.41, 5.74) is 0. The number of aliphatic hydroxyl groups is 4. The van der Waals surface area contributed by atoms with Crippen LogP contribution in [0.4, 0.5) is 0 Å². The summed E-state index contributed by atoms with van der Waals surface area (Å²) in [6, 6.07) is 0. The van der Waals surface area contributed by atoms with Crippen LogP contribution in [0.5, 0.6) is 0 Å². The molecule has 55 heavy (non-hydrogen) atoms. The van der Waals surface area contributed by atoms with E-state index in [4.69, 9.17) is 18.9 Å². The van der Waals surface area contributed by atoms with Gasteiger partial charge >= 0.3 is 11.9 Å². The fourth-order valence-electron chi connectivity index (χ4n) is 5.28. The fourth-order valence-corrected chi connectivity index (χ4v) is 5.28. The highest BCUT2D eigenvalue weighted by molar-refractivity contribution is 5.70. The van der Waals surface area contributed by atoms with Crippen molar-refractivity contribution in [1.82, 2.24) is 0 Å². The van der Waals surface area contributed by atoms with E-state index in [2.05, 4.69) is 111 Å². The smallest absolute Gasteiger partial charge is 0.306 e. The lowest BCUT2D eigenvalue weighted by molar-refractivity contribution is -0.305. The number of aliphatic hydroxyl groups excluding tert-OH is 4. The summed E-state index contributed by atoms with van der Waals surface area (Å²) in [6.45, 7) is 3.07. The van der Waals surface area contributed by atoms with E-state index in [1.54, 1.807) is 0 Å². The van der Waals surface area contributed by atoms with Gasteiger partial charge in [0, 0.05) is 12.8 Å². The van der Waals surface area contributed by atoms with Crippen LogP contribution in [-0.2, 0) is 28.5 Å². The highest BCUT2D eigenvalue weighted by atomic mass is 16.7. The molecule has 1 rings (SSSR count). The second-order valence-corrected chi connectivity index (χ2v) is 13.3. The van der Waals surface area contributed by atoms with E-state index in [0.29, 0.717) is 12.8 Å². The molecule has 0 aromatic heterocycles. The van der Waals surface area contributed by atoms with E-state index in [0.717, 1.165) is 77.0 Å². The van der Waals surface area contributed by atoms with E-state index >= 15 is 0 Å². The van der Waals surface area contributed by atoms with Crippen molar-refractivity contribution in [3.05, 3.63) is 97.2 Å². The van der Waals surface area contributed by atoms with Gasteiger partial charge in [0.15, 0.2) is 12.4 Å². The highest BCUT2D eigenvalue weighted by Crippen LogP contribution is 2.22. The molecule has 10 heteroatoms. The van der Waals surface area contributed by atoms with Gasteiger partial charge in [0.25, 0.3) is 0 Å². The normalized spacial score (nSPS) is 21.6. The number of esters is 2. The quantitative estimate of drug-likeness (QED) is 0.0310. The van der Waals surface area contributed by atoms with E-state index in [1.165, 1.54) is 0 Å². The maximum absolute atomic E-state index is 12.7. The fraction of sp³-hybridized carbons (Fsp3) is 0.600. The Kier molecular flexibility index (Phi) is 31.6. The van der Waals surface area contributed by atoms with Crippen LogP contribution in [0.1, 0.15) is 117 Å². The number of carbonyl (C=O) groups excluding carboxylic acids is 2. The van der Waals surface area contributed by atoms with Crippen molar-refractivity contribution in [2.75, 3.05) is 19.8 Å². The van der Waals surface area contributed by atoms with Gasteiger partial charge in [0.2, 0.25) is 0 Å². The average Bonchev–Trinajstić information content (AvgIpc) is 3.18. The van der Waals surface area contributed by atoms with Crippen molar-refractivity contribution in [2.45, 2.75) is 153 Å². The van der Waals surface area contributed by atoms with Gasteiger partial charge in [-0.3, -0.25) is 9.59 Å². The predicted octanol–water partition coefficient (Wildman–Crippen LogP) is 7.99. The third-order valence-corrected chi connectivity index (χ3v) is 8.46. The molecule has 4 N–H and O–H groups in total. The van der Waals surface area contributed by atoms with Crippen LogP contribution in [0.25, 0.3) is 0 Å². The van der Waals surface area contributed by atoms with Crippen molar-refractivity contribution in [3.63, 3.8) is 0 Å². The van der Waals surface area contributed by atoms with E-state index in [9.17, 15) is 30.0 Å². The number of hydrogen-bond acceptors (Lipinski definition) is 10. The molecule has 10 nitrogen and oxygen atoms in total. The van der Waals surface area contributed by atoms with Gasteiger partial charge < -0.3 is 39.4 Å². The summed E-state index contributed by atoms with van der Waals surface area (Å²) >= 11 is 0. The molecule has 0 bridgehead atoms. The molecule has 0 aromatic rings. The molecule has 1 saturated heterocycles. The van der Waals surface area contributed by atoms with Crippen LogP contribution in [-0.4, -0.2) is 89.0 Å². The standard InChI is InChI=1S/C45H70O10/c1-3-5-7-9-11-13-15-17-19-21-23-25-27-29-31-33-40(47)52-36-38(37-53-45-44(51)43(50)42(49)39(35-46)55-45)54-41(48)34-32-30-28-26-24-22-20-18-16-14-12-10-8-6-4-2/h5-8,11-14,17-20,23-26,38-39,42-46,49-51H,3-4,9-10,15-16,21-22,27-37H2,1-2H3/b7-5-,8-6-,13-11-,14-12-,19-17-,20-18-,25-23-,26-24-/t38-,39?,42+,43?,44?,45-/m1/s1. The van der Waals surface area contributed by atoms with Gasteiger partial charge in [0.05, 0.1) is 13.2 Å². The minimum absolute atomic E-state index is 0.162. The van der Waals surface area contributed by atoms with Crippen molar-refractivity contribution in [2.24, 2.45) is 0 Å².